The monoisotopic (exact) mass is 293 g/mol. The van der Waals surface area contributed by atoms with E-state index in [0.29, 0.717) is 5.15 Å². The van der Waals surface area contributed by atoms with Gasteiger partial charge in [0.2, 0.25) is 0 Å². The van der Waals surface area contributed by atoms with Crippen LogP contribution in [-0.2, 0) is 13.6 Å². The molecule has 5 nitrogen and oxygen atoms in total. The minimum atomic E-state index is 0.496. The SMILES string of the molecule is CC1CC(C)CN(Cc2nc(Cl)c3cnn(C)c3n2)C1. The Morgan fingerprint density at radius 1 is 1.25 bits per heavy atom. The summed E-state index contributed by atoms with van der Waals surface area (Å²) in [5, 5.41) is 5.50. The summed E-state index contributed by atoms with van der Waals surface area (Å²) in [6, 6.07) is 0. The van der Waals surface area contributed by atoms with Crippen LogP contribution in [0.5, 0.6) is 0 Å². The molecule has 6 heteroatoms. The Labute approximate surface area is 124 Å². The number of likely N-dealkylation sites (tertiary alicyclic amines) is 1. The first-order valence-electron chi connectivity index (χ1n) is 7.09. The van der Waals surface area contributed by atoms with Crippen molar-refractivity contribution < 1.29 is 0 Å². The van der Waals surface area contributed by atoms with Crippen molar-refractivity contribution in [3.63, 3.8) is 0 Å². The van der Waals surface area contributed by atoms with Crippen LogP contribution in [0.4, 0.5) is 0 Å². The van der Waals surface area contributed by atoms with Crippen LogP contribution in [-0.4, -0.2) is 37.7 Å². The third kappa shape index (κ3) is 2.65. The second-order valence-electron chi connectivity index (χ2n) is 6.08. The maximum absolute atomic E-state index is 6.23. The Bertz CT molecular complexity index is 613. The zero-order chi connectivity index (χ0) is 14.3. The van der Waals surface area contributed by atoms with Gasteiger partial charge in [0.05, 0.1) is 18.1 Å². The minimum Gasteiger partial charge on any atom is -0.295 e. The summed E-state index contributed by atoms with van der Waals surface area (Å²) in [7, 11) is 1.88. The third-order valence-electron chi connectivity index (χ3n) is 3.90. The van der Waals surface area contributed by atoms with Crippen molar-refractivity contribution in [3.8, 4) is 0 Å². The molecule has 1 aliphatic rings. The van der Waals surface area contributed by atoms with E-state index >= 15 is 0 Å². The molecule has 20 heavy (non-hydrogen) atoms. The summed E-state index contributed by atoms with van der Waals surface area (Å²) < 4.78 is 1.74. The number of halogens is 1. The van der Waals surface area contributed by atoms with Crippen molar-refractivity contribution in [1.82, 2.24) is 24.6 Å². The fourth-order valence-corrected chi connectivity index (χ4v) is 3.45. The Hall–Kier alpha value is -1.20. The van der Waals surface area contributed by atoms with Crippen molar-refractivity contribution in [3.05, 3.63) is 17.2 Å². The van der Waals surface area contributed by atoms with E-state index in [1.54, 1.807) is 10.9 Å². The molecule has 0 radical (unpaired) electrons. The van der Waals surface area contributed by atoms with Crippen LogP contribution < -0.4 is 0 Å². The molecule has 3 rings (SSSR count). The summed E-state index contributed by atoms with van der Waals surface area (Å²) in [4.78, 5) is 11.4. The van der Waals surface area contributed by atoms with E-state index in [1.807, 2.05) is 7.05 Å². The summed E-state index contributed by atoms with van der Waals surface area (Å²) in [6.45, 7) is 7.58. The number of aromatic nitrogens is 4. The van der Waals surface area contributed by atoms with E-state index in [0.717, 1.165) is 48.3 Å². The van der Waals surface area contributed by atoms with Gasteiger partial charge in [-0.3, -0.25) is 9.58 Å². The molecule has 0 aliphatic carbocycles. The standard InChI is InChI=1S/C14H20ClN5/c1-9-4-10(2)7-20(6-9)8-12-17-13(15)11-5-16-19(3)14(11)18-12/h5,9-10H,4,6-8H2,1-3H3. The molecule has 2 aromatic heterocycles. The van der Waals surface area contributed by atoms with Gasteiger partial charge in [-0.1, -0.05) is 25.4 Å². The lowest BCUT2D eigenvalue weighted by Gasteiger charge is -2.34. The van der Waals surface area contributed by atoms with E-state index in [-0.39, 0.29) is 0 Å². The molecule has 0 saturated carbocycles. The van der Waals surface area contributed by atoms with Gasteiger partial charge in [-0.15, -0.1) is 0 Å². The molecule has 3 heterocycles. The van der Waals surface area contributed by atoms with Gasteiger partial charge in [-0.25, -0.2) is 9.97 Å². The second-order valence-corrected chi connectivity index (χ2v) is 6.43. The molecule has 0 N–H and O–H groups in total. The molecule has 0 amide bonds. The molecule has 108 valence electrons. The minimum absolute atomic E-state index is 0.496. The van der Waals surface area contributed by atoms with Crippen LogP contribution in [0.15, 0.2) is 6.20 Å². The zero-order valence-corrected chi connectivity index (χ0v) is 12.9. The Morgan fingerprint density at radius 3 is 2.65 bits per heavy atom. The highest BCUT2D eigenvalue weighted by atomic mass is 35.5. The van der Waals surface area contributed by atoms with E-state index < -0.39 is 0 Å². The number of rotatable bonds is 2. The van der Waals surface area contributed by atoms with Gasteiger partial charge < -0.3 is 0 Å². The van der Waals surface area contributed by atoms with Gasteiger partial charge in [0.15, 0.2) is 5.65 Å². The third-order valence-corrected chi connectivity index (χ3v) is 4.19. The van der Waals surface area contributed by atoms with E-state index in [4.69, 9.17) is 11.6 Å². The summed E-state index contributed by atoms with van der Waals surface area (Å²) in [5.41, 5.74) is 0.804. The number of hydrogen-bond acceptors (Lipinski definition) is 4. The van der Waals surface area contributed by atoms with E-state index in [9.17, 15) is 0 Å². The van der Waals surface area contributed by atoms with Crippen molar-refractivity contribution in [2.45, 2.75) is 26.8 Å². The fraction of sp³-hybridized carbons (Fsp3) is 0.643. The van der Waals surface area contributed by atoms with Crippen LogP contribution in [0.25, 0.3) is 11.0 Å². The topological polar surface area (TPSA) is 46.8 Å². The van der Waals surface area contributed by atoms with Crippen molar-refractivity contribution >= 4 is 22.6 Å². The average molecular weight is 294 g/mol. The quantitative estimate of drug-likeness (QED) is 0.798. The maximum atomic E-state index is 6.23. The normalized spacial score (nSPS) is 24.4. The second kappa shape index (κ2) is 5.30. The largest absolute Gasteiger partial charge is 0.295 e. The smallest absolute Gasteiger partial charge is 0.162 e. The lowest BCUT2D eigenvalue weighted by molar-refractivity contribution is 0.131. The lowest BCUT2D eigenvalue weighted by Crippen LogP contribution is -2.38. The fourth-order valence-electron chi connectivity index (χ4n) is 3.22. The maximum Gasteiger partial charge on any atom is 0.162 e. The van der Waals surface area contributed by atoms with Crippen molar-refractivity contribution in [1.29, 1.82) is 0 Å². The molecule has 0 aromatic carbocycles. The van der Waals surface area contributed by atoms with Crippen LogP contribution in [0.2, 0.25) is 5.15 Å². The number of hydrogen-bond donors (Lipinski definition) is 0. The van der Waals surface area contributed by atoms with Gasteiger partial charge in [-0.05, 0) is 18.3 Å². The van der Waals surface area contributed by atoms with Crippen molar-refractivity contribution in [2.75, 3.05) is 13.1 Å². The summed E-state index contributed by atoms with van der Waals surface area (Å²) in [6.07, 6.45) is 3.02. The molecule has 1 aliphatic heterocycles. The Kier molecular flexibility index (Phi) is 3.65. The molecule has 2 unspecified atom stereocenters. The molecule has 1 fully saturated rings. The van der Waals surface area contributed by atoms with Gasteiger partial charge in [0, 0.05) is 20.1 Å². The number of aryl methyl sites for hydroxylation is 1. The Morgan fingerprint density at radius 2 is 1.95 bits per heavy atom. The van der Waals surface area contributed by atoms with Gasteiger partial charge in [0.25, 0.3) is 0 Å². The zero-order valence-electron chi connectivity index (χ0n) is 12.2. The molecule has 0 bridgehead atoms. The average Bonchev–Trinajstić information content (AvgIpc) is 2.70. The molecule has 2 aromatic rings. The molecular weight excluding hydrogens is 274 g/mol. The first-order valence-corrected chi connectivity index (χ1v) is 7.47. The summed E-state index contributed by atoms with van der Waals surface area (Å²) in [5.74, 6) is 2.25. The lowest BCUT2D eigenvalue weighted by atomic mass is 9.92. The first-order chi connectivity index (χ1) is 9.52. The highest BCUT2D eigenvalue weighted by molar-refractivity contribution is 6.33. The molecular formula is C14H20ClN5. The van der Waals surface area contributed by atoms with Gasteiger partial charge in [0.1, 0.15) is 11.0 Å². The number of piperidine rings is 1. The van der Waals surface area contributed by atoms with Crippen LogP contribution in [0, 0.1) is 11.8 Å². The summed E-state index contributed by atoms with van der Waals surface area (Å²) >= 11 is 6.23. The highest BCUT2D eigenvalue weighted by Crippen LogP contribution is 2.23. The first kappa shape index (κ1) is 13.8. The molecule has 2 atom stereocenters. The van der Waals surface area contributed by atoms with Crippen molar-refractivity contribution in [2.24, 2.45) is 18.9 Å². The van der Waals surface area contributed by atoms with Gasteiger partial charge in [-0.2, -0.15) is 5.10 Å². The number of fused-ring (bicyclic) bond motifs is 1. The highest BCUT2D eigenvalue weighted by Gasteiger charge is 2.23. The molecule has 0 spiro atoms. The van der Waals surface area contributed by atoms with Crippen LogP contribution in [0.1, 0.15) is 26.1 Å². The Balaban J connectivity index is 1.85. The predicted octanol–water partition coefficient (Wildman–Crippen LogP) is 2.49. The van der Waals surface area contributed by atoms with E-state index in [1.165, 1.54) is 6.42 Å². The van der Waals surface area contributed by atoms with Crippen LogP contribution >= 0.6 is 11.6 Å². The van der Waals surface area contributed by atoms with Crippen LogP contribution in [0.3, 0.4) is 0 Å². The van der Waals surface area contributed by atoms with E-state index in [2.05, 4.69) is 33.8 Å². The molecule has 1 saturated heterocycles. The van der Waals surface area contributed by atoms with Gasteiger partial charge >= 0.3 is 0 Å². The number of nitrogens with zero attached hydrogens (tertiary/aromatic N) is 5. The predicted molar refractivity (Wildman–Crippen MR) is 79.5 cm³/mol.